The molecule has 17 heterocycles. The topological polar surface area (TPSA) is 610 Å². The van der Waals surface area contributed by atoms with Crippen molar-refractivity contribution in [1.29, 1.82) is 21.0 Å². The smallest absolute Gasteiger partial charge is 0 e. The molecule has 0 atom stereocenters. The Kier molecular flexibility index (Phi) is 74.4. The van der Waals surface area contributed by atoms with Crippen LogP contribution in [0.25, 0.3) is 39.5 Å². The summed E-state index contributed by atoms with van der Waals surface area (Å²) >= 11 is 4.22. The number of nitriles is 4. The molecule has 1 aliphatic heterocycles. The molecule has 1 fully saturated rings. The van der Waals surface area contributed by atoms with Gasteiger partial charge in [-0.2, -0.15) is 21.0 Å². The van der Waals surface area contributed by atoms with Crippen molar-refractivity contribution in [2.24, 2.45) is 5.90 Å². The van der Waals surface area contributed by atoms with E-state index in [2.05, 4.69) is 102 Å². The van der Waals surface area contributed by atoms with Crippen LogP contribution >= 0.6 is 45.4 Å². The van der Waals surface area contributed by atoms with Gasteiger partial charge in [0, 0.05) is 168 Å². The number of imidazole rings is 9. The van der Waals surface area contributed by atoms with Crippen molar-refractivity contribution >= 4 is 139 Å². The number of nitrogens with two attached hydrogens (primary N) is 1. The van der Waals surface area contributed by atoms with E-state index in [1.165, 1.54) is 12.8 Å². The molecule has 0 saturated carbocycles. The Morgan fingerprint density at radius 2 is 0.899 bits per heavy atom. The van der Waals surface area contributed by atoms with Crippen molar-refractivity contribution in [1.82, 2.24) is 85.2 Å². The van der Waals surface area contributed by atoms with Crippen LogP contribution in [-0.4, -0.2) is 218 Å². The Hall–Kier alpha value is -12.2. The van der Waals surface area contributed by atoms with Gasteiger partial charge in [0.25, 0.3) is 5.97 Å². The number of aromatic nitrogens is 18. The molecule has 16 aromatic rings. The number of esters is 4. The number of aliphatic hydroxyl groups is 4. The molecule has 1 aliphatic rings. The molecule has 1 saturated heterocycles. The van der Waals surface area contributed by atoms with Crippen molar-refractivity contribution in [3.63, 3.8) is 0 Å². The predicted molar refractivity (Wildman–Crippen MR) is 496 cm³/mol. The molecule has 0 aromatic carbocycles. The standard InChI is InChI=1S/C12H8N5.C11H9N3O2.C11H12N2O3.C11H10N2O3.C10H10N2O2.C9H6ClN3.C9H7N3O.C4H8O.C3H3N2.C2H4O2.C2H6O.CH4O.CH4.B.Cl2OS.ClH.Mn.H3NO.Na.2O.2W.H/c13-7-11-10(8-16-6-4-14-9-16)15-12-3-1-2-5-17(11)12;1-2-16-11(15)10-8(7-12)14-6-4-3-5-9(14)13-10;2*1-2-16-11(15)10-8(7-14)13-6-4-3-5-9(13)12-10;1-2-14-10(13)8-7-12-6-4-3-5-9(12)11-8;10-5-7-8(6-11)13-4-2-1-3-9(13)12-7;10-5-8-7(6-13)11-9-3-1-2-4-12(8)9;1-2-4-5-3-1;1-2-5-3-4-1;1-2(3)4;1-2-3;1-2;;;1-4(2)3;;;1-2;;;;;;/h1-6H,8H2;3-6H,2H2,1H3;3-6,14H,2,7H2,1H3;3-7H,2H2,1H3;3-7H,2H2,1H3;1-4H,5H2;1-4,13H,6H2;1-4H2;1-2H,(H,4,5);1H3,(H,3,4);3H,2H2,1H3;2H,1H3;1H4;;;1H;;2H,1H2;;;;;;/q-1;;;;;;;;-1;;;;;;;;;;+1;;;;;-1. The second-order valence-corrected chi connectivity index (χ2v) is 27.1. The Morgan fingerprint density at radius 1 is 0.547 bits per heavy atom. The van der Waals surface area contributed by atoms with Gasteiger partial charge < -0.3 is 84.2 Å². The average Bonchev–Trinajstić information content (AvgIpc) is 1.65. The van der Waals surface area contributed by atoms with E-state index in [4.69, 9.17) is 93.4 Å². The number of nitrogens with one attached hydrogen (secondary N) is 1. The summed E-state index contributed by atoms with van der Waals surface area (Å²) in [7, 11) is 8.36. The van der Waals surface area contributed by atoms with E-state index >= 15 is 0 Å². The first kappa shape index (κ1) is 133. The second kappa shape index (κ2) is 77.7. The quantitative estimate of drug-likeness (QED) is 0.00753. The minimum Gasteiger partial charge on any atom is -0.467 e. The number of hydrogen-bond acceptors (Lipinski definition) is 33. The van der Waals surface area contributed by atoms with Crippen LogP contribution in [0.2, 0.25) is 0 Å². The third-order valence-corrected chi connectivity index (χ3v) is 16.0. The number of fused-ring (bicyclic) bond motifs is 7. The Morgan fingerprint density at radius 3 is 1.27 bits per heavy atom. The molecular weight excluding hydrogens is 2310 g/mol. The van der Waals surface area contributed by atoms with Crippen molar-refractivity contribution in [3.05, 3.63) is 288 Å². The summed E-state index contributed by atoms with van der Waals surface area (Å²) in [5.74, 6) is 0.910. The second-order valence-electron chi connectivity index (χ2n) is 24.1. The zero-order valence-corrected chi connectivity index (χ0v) is 87.9. The molecule has 17 rings (SSSR count). The summed E-state index contributed by atoms with van der Waals surface area (Å²) in [5, 5.41) is 82.5. The summed E-state index contributed by atoms with van der Waals surface area (Å²) in [5.41, 5.74) is 9.48. The summed E-state index contributed by atoms with van der Waals surface area (Å²) in [6.45, 7) is 13.1. The monoisotopic (exact) mass is 2400 g/mol. The Labute approximate surface area is 879 Å². The van der Waals surface area contributed by atoms with Crippen LogP contribution in [-0.2, 0) is 128 Å². The molecule has 16 aromatic heterocycles. The number of carbonyl (C=O) groups is 6. The fraction of sp³-hybridized carbons (Fsp3) is 0.244. The van der Waals surface area contributed by atoms with Crippen LogP contribution in [0.4, 0.5) is 0 Å². The number of hydrogen-bond donors (Lipinski definition) is 8. The zero-order valence-electron chi connectivity index (χ0n) is 75.9. The minimum atomic E-state index is -1.67. The maximum Gasteiger partial charge on any atom is 0 e. The van der Waals surface area contributed by atoms with Crippen LogP contribution in [0.5, 0.6) is 0 Å². The maximum atomic E-state index is 11.6. The summed E-state index contributed by atoms with van der Waals surface area (Å²) in [6.07, 6.45) is 29.2. The van der Waals surface area contributed by atoms with E-state index in [1.807, 2.05) is 103 Å². The van der Waals surface area contributed by atoms with E-state index in [9.17, 15) is 34.3 Å². The number of aromatic amines is 1. The number of aliphatic carboxylic acids is 1. The van der Waals surface area contributed by atoms with E-state index in [0.717, 1.165) is 49.9 Å². The zero-order chi connectivity index (χ0) is 98.4. The van der Waals surface area contributed by atoms with Crippen LogP contribution < -0.4 is 35.5 Å². The minimum absolute atomic E-state index is 0. The van der Waals surface area contributed by atoms with Crippen LogP contribution in [0.15, 0.2) is 202 Å². The SMILES string of the molecule is C.C1CCOC1.CC(=O)O.CCO.CCOC(=O)c1cn2ccccc2n1.CCOC(=O)c1nc2ccccn2c1C#N.CCOC(=O)c1nc2ccccn2c1C=O.CCOC(=O)c1nc2ccccn2c1CO.CO.Cl.N#Cc1c(CCl)nc2ccccn12.N#Cc1c(CO)nc2ccccn12.N#Cc1c(Cn2[c-]ncc2)nc2ccccn12.NO.O=S(Cl)Cl.[B].[H-].[Na+].[O]=[Mn]=[O].[W].[W].[c-]1ncc[nH]1. The molecule has 0 amide bonds. The number of aliphatic hydroxyl groups excluding tert-OH is 4. The number of rotatable bonds is 14. The third-order valence-electron chi connectivity index (χ3n) is 15.8. The molecular formula is C86H96BCl4MnN23NaO20SW2-2. The van der Waals surface area contributed by atoms with Gasteiger partial charge >= 0.3 is 75.9 Å². The van der Waals surface area contributed by atoms with Gasteiger partial charge in [0.1, 0.15) is 92.3 Å². The molecule has 0 aliphatic carbocycles. The molecule has 9 N–H and O–H groups in total. The predicted octanol–water partition coefficient (Wildman–Crippen LogP) is 7.74. The van der Waals surface area contributed by atoms with E-state index < -0.39 is 47.9 Å². The van der Waals surface area contributed by atoms with E-state index in [0.29, 0.717) is 81.9 Å². The molecule has 139 heavy (non-hydrogen) atoms. The first-order chi connectivity index (χ1) is 64.5. The fourth-order valence-electron chi connectivity index (χ4n) is 10.7. The number of H-pyrrole nitrogens is 1. The molecule has 0 bridgehead atoms. The van der Waals surface area contributed by atoms with Gasteiger partial charge in [-0.25, -0.2) is 64.2 Å². The van der Waals surface area contributed by atoms with Gasteiger partial charge in [0.05, 0.1) is 62.6 Å². The van der Waals surface area contributed by atoms with Crippen molar-refractivity contribution in [3.8, 4) is 24.3 Å². The third kappa shape index (κ3) is 43.8. The van der Waals surface area contributed by atoms with E-state index in [1.54, 1.807) is 180 Å². The Bertz CT molecular complexity index is 6360. The number of pyridine rings is 7. The van der Waals surface area contributed by atoms with Crippen molar-refractivity contribution < 1.29 is 183 Å². The maximum absolute atomic E-state index is 11.6. The summed E-state index contributed by atoms with van der Waals surface area (Å²) in [4.78, 5) is 105. The molecule has 0 unspecified atom stereocenters. The number of carboxylic acid groups (broad SMARTS) is 1. The number of halogens is 4. The van der Waals surface area contributed by atoms with Crippen molar-refractivity contribution in [2.45, 2.75) is 87.4 Å². The number of carbonyl (C=O) groups excluding carboxylic acids is 5. The first-order valence-electron chi connectivity index (χ1n) is 38.7. The fourth-order valence-corrected chi connectivity index (χ4v) is 10.9. The average molecular weight is 2400 g/mol. The molecule has 53 heteroatoms. The van der Waals surface area contributed by atoms with Gasteiger partial charge in [-0.15, -0.1) is 48.8 Å². The van der Waals surface area contributed by atoms with Crippen molar-refractivity contribution in [2.75, 3.05) is 53.4 Å². The number of carboxylic acids is 1. The molecule has 43 nitrogen and oxygen atoms in total. The normalized spacial score (nSPS) is 9.68. The van der Waals surface area contributed by atoms with Crippen LogP contribution in [0.3, 0.4) is 0 Å². The largest absolute Gasteiger partial charge is 0.467 e. The van der Waals surface area contributed by atoms with Crippen LogP contribution in [0, 0.1) is 58.0 Å². The first-order valence-corrected chi connectivity index (χ1v) is 43.0. The van der Waals surface area contributed by atoms with Gasteiger partial charge in [0.15, 0.2) is 34.8 Å². The van der Waals surface area contributed by atoms with Gasteiger partial charge in [0.2, 0.25) is 9.23 Å². The van der Waals surface area contributed by atoms with E-state index in [-0.39, 0.29) is 181 Å². The Balaban J connectivity index is -0.000000480. The summed E-state index contributed by atoms with van der Waals surface area (Å²) in [6, 6.07) is 46.4. The number of alkyl halides is 1. The molecule has 734 valence electrons. The van der Waals surface area contributed by atoms with Crippen LogP contribution in [0.1, 0.15) is 161 Å². The summed E-state index contributed by atoms with van der Waals surface area (Å²) < 4.78 is 63.7. The van der Waals surface area contributed by atoms with Gasteiger partial charge in [-0.05, 0) is 139 Å². The molecule has 3 radical (unpaired) electrons. The van der Waals surface area contributed by atoms with Gasteiger partial charge in [-0.3, -0.25) is 31.6 Å². The number of ether oxygens (including phenoxy) is 5. The van der Waals surface area contributed by atoms with Gasteiger partial charge in [-0.1, -0.05) is 49.9 Å². The molecule has 0 spiro atoms. The number of nitrogens with zero attached hydrogens (tertiary/aromatic N) is 21. The number of aldehydes is 1.